The van der Waals surface area contributed by atoms with Gasteiger partial charge in [0.05, 0.1) is 5.60 Å². The molecule has 1 aliphatic heterocycles. The van der Waals surface area contributed by atoms with Gasteiger partial charge in [0, 0.05) is 19.6 Å². The van der Waals surface area contributed by atoms with Crippen molar-refractivity contribution in [3.05, 3.63) is 0 Å². The molecule has 1 N–H and O–H groups in total. The van der Waals surface area contributed by atoms with Gasteiger partial charge in [0.2, 0.25) is 0 Å². The molecule has 2 nitrogen and oxygen atoms in total. The molecule has 3 fully saturated rings. The summed E-state index contributed by atoms with van der Waals surface area (Å²) in [6.45, 7) is 8.13. The fraction of sp³-hybridized carbons (Fsp3) is 1.00. The standard InChI is InChI=1S/C15H27NO/c1-13(2)6-8-15(17,9-7-13)12-16-10-14(11-16)4-3-5-14/h17H,3-12H2,1-2H3. The third-order valence-electron chi connectivity index (χ3n) is 5.58. The summed E-state index contributed by atoms with van der Waals surface area (Å²) in [5.74, 6) is 0. The van der Waals surface area contributed by atoms with E-state index in [1.165, 1.54) is 45.2 Å². The molecule has 0 unspecified atom stereocenters. The number of likely N-dealkylation sites (tertiary alicyclic amines) is 1. The van der Waals surface area contributed by atoms with Crippen molar-refractivity contribution in [1.29, 1.82) is 0 Å². The predicted molar refractivity (Wildman–Crippen MR) is 69.9 cm³/mol. The van der Waals surface area contributed by atoms with Crippen LogP contribution in [-0.2, 0) is 0 Å². The first-order chi connectivity index (χ1) is 7.91. The Labute approximate surface area is 105 Å². The molecule has 3 aliphatic rings. The maximum absolute atomic E-state index is 10.7. The molecule has 2 heteroatoms. The second-order valence-electron chi connectivity index (χ2n) is 7.89. The summed E-state index contributed by atoms with van der Waals surface area (Å²) in [7, 11) is 0. The highest BCUT2D eigenvalue weighted by molar-refractivity contribution is 5.03. The summed E-state index contributed by atoms with van der Waals surface area (Å²) in [6, 6.07) is 0. The SMILES string of the molecule is CC1(C)CCC(O)(CN2CC3(CCC3)C2)CC1. The Hall–Kier alpha value is -0.0800. The number of hydrogen-bond acceptors (Lipinski definition) is 2. The van der Waals surface area contributed by atoms with Crippen LogP contribution in [0.5, 0.6) is 0 Å². The molecule has 1 saturated heterocycles. The second kappa shape index (κ2) is 3.71. The van der Waals surface area contributed by atoms with Crippen LogP contribution >= 0.6 is 0 Å². The van der Waals surface area contributed by atoms with Gasteiger partial charge in [-0.1, -0.05) is 20.3 Å². The van der Waals surface area contributed by atoms with E-state index >= 15 is 0 Å². The Morgan fingerprint density at radius 2 is 1.53 bits per heavy atom. The van der Waals surface area contributed by atoms with Crippen molar-refractivity contribution in [3.63, 3.8) is 0 Å². The normalized spacial score (nSPS) is 34.1. The Morgan fingerprint density at radius 3 is 2.00 bits per heavy atom. The first-order valence-corrected chi connectivity index (χ1v) is 7.35. The second-order valence-corrected chi connectivity index (χ2v) is 7.89. The molecule has 0 aromatic rings. The minimum absolute atomic E-state index is 0.374. The van der Waals surface area contributed by atoms with Crippen LogP contribution in [0, 0.1) is 10.8 Å². The van der Waals surface area contributed by atoms with E-state index in [1.54, 1.807) is 0 Å². The fourth-order valence-electron chi connectivity index (χ4n) is 3.97. The van der Waals surface area contributed by atoms with E-state index < -0.39 is 0 Å². The van der Waals surface area contributed by atoms with E-state index in [-0.39, 0.29) is 5.60 Å². The lowest BCUT2D eigenvalue weighted by atomic mass is 9.63. The number of aliphatic hydroxyl groups is 1. The van der Waals surface area contributed by atoms with Gasteiger partial charge in [-0.15, -0.1) is 0 Å². The Balaban J connectivity index is 1.49. The molecule has 0 radical (unpaired) electrons. The summed E-state index contributed by atoms with van der Waals surface area (Å²) in [4.78, 5) is 2.50. The molecule has 0 aromatic carbocycles. The van der Waals surface area contributed by atoms with E-state index in [0.29, 0.717) is 10.8 Å². The van der Waals surface area contributed by atoms with E-state index in [2.05, 4.69) is 18.7 Å². The van der Waals surface area contributed by atoms with Gasteiger partial charge in [-0.3, -0.25) is 4.90 Å². The van der Waals surface area contributed by atoms with Crippen LogP contribution in [0.25, 0.3) is 0 Å². The highest BCUT2D eigenvalue weighted by Gasteiger charge is 2.49. The third-order valence-corrected chi connectivity index (χ3v) is 5.58. The molecule has 0 bridgehead atoms. The average Bonchev–Trinajstić information content (AvgIpc) is 2.14. The zero-order chi connectivity index (χ0) is 12.1. The van der Waals surface area contributed by atoms with Crippen molar-refractivity contribution < 1.29 is 5.11 Å². The van der Waals surface area contributed by atoms with Crippen LogP contribution < -0.4 is 0 Å². The summed E-state index contributed by atoms with van der Waals surface area (Å²) in [6.07, 6.45) is 8.69. The molecule has 2 saturated carbocycles. The zero-order valence-corrected chi connectivity index (χ0v) is 11.5. The van der Waals surface area contributed by atoms with Gasteiger partial charge in [0.1, 0.15) is 0 Å². The number of hydrogen-bond donors (Lipinski definition) is 1. The molecular weight excluding hydrogens is 210 g/mol. The summed E-state index contributed by atoms with van der Waals surface area (Å²) < 4.78 is 0. The van der Waals surface area contributed by atoms with Gasteiger partial charge in [-0.05, 0) is 49.4 Å². The molecule has 0 aromatic heterocycles. The van der Waals surface area contributed by atoms with Gasteiger partial charge in [0.15, 0.2) is 0 Å². The van der Waals surface area contributed by atoms with Crippen molar-refractivity contribution in [2.24, 2.45) is 10.8 Å². The van der Waals surface area contributed by atoms with Gasteiger partial charge >= 0.3 is 0 Å². The van der Waals surface area contributed by atoms with Crippen LogP contribution in [0.4, 0.5) is 0 Å². The lowest BCUT2D eigenvalue weighted by molar-refractivity contribution is -0.117. The third kappa shape index (κ3) is 2.26. The van der Waals surface area contributed by atoms with Crippen molar-refractivity contribution in [2.45, 2.75) is 64.4 Å². The van der Waals surface area contributed by atoms with E-state index in [1.807, 2.05) is 0 Å². The van der Waals surface area contributed by atoms with Crippen molar-refractivity contribution >= 4 is 0 Å². The molecular formula is C15H27NO. The van der Waals surface area contributed by atoms with Gasteiger partial charge < -0.3 is 5.11 Å². The molecule has 1 spiro atoms. The average molecular weight is 237 g/mol. The Kier molecular flexibility index (Phi) is 2.61. The van der Waals surface area contributed by atoms with Crippen molar-refractivity contribution in [1.82, 2.24) is 4.90 Å². The minimum atomic E-state index is -0.374. The van der Waals surface area contributed by atoms with Gasteiger partial charge in [-0.2, -0.15) is 0 Å². The molecule has 1 heterocycles. The summed E-state index contributed by atoms with van der Waals surface area (Å²) >= 11 is 0. The molecule has 17 heavy (non-hydrogen) atoms. The van der Waals surface area contributed by atoms with Crippen LogP contribution in [0.3, 0.4) is 0 Å². The van der Waals surface area contributed by atoms with E-state index in [4.69, 9.17) is 0 Å². The first kappa shape index (κ1) is 12.0. The zero-order valence-electron chi connectivity index (χ0n) is 11.5. The van der Waals surface area contributed by atoms with Crippen molar-refractivity contribution in [3.8, 4) is 0 Å². The lowest BCUT2D eigenvalue weighted by Gasteiger charge is -2.58. The summed E-state index contributed by atoms with van der Waals surface area (Å²) in [5, 5.41) is 10.7. The quantitative estimate of drug-likeness (QED) is 0.798. The van der Waals surface area contributed by atoms with Crippen LogP contribution in [-0.4, -0.2) is 35.2 Å². The number of β-amino-alcohol motifs (C(OH)–C–C–N with tert-alkyl or cyclic N) is 1. The maximum Gasteiger partial charge on any atom is 0.0774 e. The van der Waals surface area contributed by atoms with Gasteiger partial charge in [0.25, 0.3) is 0 Å². The molecule has 0 amide bonds. The van der Waals surface area contributed by atoms with Crippen LogP contribution in [0.1, 0.15) is 58.8 Å². The Bertz CT molecular complexity index is 288. The fourth-order valence-corrected chi connectivity index (χ4v) is 3.97. The van der Waals surface area contributed by atoms with Crippen LogP contribution in [0.2, 0.25) is 0 Å². The minimum Gasteiger partial charge on any atom is -0.389 e. The molecule has 2 aliphatic carbocycles. The summed E-state index contributed by atoms with van der Waals surface area (Å²) in [5.41, 5.74) is 0.779. The van der Waals surface area contributed by atoms with Crippen LogP contribution in [0.15, 0.2) is 0 Å². The van der Waals surface area contributed by atoms with Gasteiger partial charge in [-0.25, -0.2) is 0 Å². The monoisotopic (exact) mass is 237 g/mol. The predicted octanol–water partition coefficient (Wildman–Crippen LogP) is 2.80. The smallest absolute Gasteiger partial charge is 0.0774 e. The van der Waals surface area contributed by atoms with E-state index in [0.717, 1.165) is 19.4 Å². The van der Waals surface area contributed by atoms with Crippen molar-refractivity contribution in [2.75, 3.05) is 19.6 Å². The molecule has 3 rings (SSSR count). The highest BCUT2D eigenvalue weighted by Crippen LogP contribution is 2.49. The maximum atomic E-state index is 10.7. The first-order valence-electron chi connectivity index (χ1n) is 7.35. The molecule has 98 valence electrons. The topological polar surface area (TPSA) is 23.5 Å². The lowest BCUT2D eigenvalue weighted by Crippen LogP contribution is -2.63. The number of nitrogens with zero attached hydrogens (tertiary/aromatic N) is 1. The number of rotatable bonds is 2. The molecule has 0 atom stereocenters. The highest BCUT2D eigenvalue weighted by atomic mass is 16.3. The largest absolute Gasteiger partial charge is 0.389 e. The Morgan fingerprint density at radius 1 is 0.941 bits per heavy atom. The van der Waals surface area contributed by atoms with E-state index in [9.17, 15) is 5.11 Å².